The number of halogens is 1. The first-order chi connectivity index (χ1) is 8.66. The van der Waals surface area contributed by atoms with E-state index in [0.717, 1.165) is 25.8 Å². The van der Waals surface area contributed by atoms with Crippen molar-refractivity contribution in [3.05, 3.63) is 34.4 Å². The Hall–Kier alpha value is -1.66. The summed E-state index contributed by atoms with van der Waals surface area (Å²) in [6.45, 7) is 0.840. The van der Waals surface area contributed by atoms with Crippen LogP contribution in [0.3, 0.4) is 0 Å². The first kappa shape index (κ1) is 15.4. The Kier molecular flexibility index (Phi) is 5.72. The second-order valence-electron chi connectivity index (χ2n) is 4.30. The number of carbonyl (C=O) groups excluding carboxylic acids is 1. The zero-order valence-electron chi connectivity index (χ0n) is 10.3. The van der Waals surface area contributed by atoms with Gasteiger partial charge in [-0.25, -0.2) is 0 Å². The Labute approximate surface area is 117 Å². The summed E-state index contributed by atoms with van der Waals surface area (Å²) < 4.78 is 0. The smallest absolute Gasteiger partial charge is 0.271 e. The number of non-ortho nitro benzene ring substituents is 1. The summed E-state index contributed by atoms with van der Waals surface area (Å²) in [4.78, 5) is 22.0. The molecule has 1 aliphatic rings. The molecule has 0 aromatic heterocycles. The van der Waals surface area contributed by atoms with Crippen molar-refractivity contribution in [2.24, 2.45) is 0 Å². The van der Waals surface area contributed by atoms with Crippen LogP contribution in [0.2, 0.25) is 0 Å². The standard InChI is InChI=1S/C12H15N3O3.ClH/c16-12(11-6-1-2-7-13-11)14-9-4-3-5-10(8-9)15(17)18;/h3-5,8,11,13H,1-2,6-7H2,(H,14,16);1H/t11-;/m0./s1. The number of hydrogen-bond acceptors (Lipinski definition) is 4. The zero-order chi connectivity index (χ0) is 13.0. The molecule has 1 aromatic rings. The van der Waals surface area contributed by atoms with E-state index in [-0.39, 0.29) is 30.0 Å². The molecule has 0 saturated carbocycles. The Bertz CT molecular complexity index is 461. The molecular formula is C12H16ClN3O3. The number of piperidine rings is 1. The van der Waals surface area contributed by atoms with E-state index < -0.39 is 4.92 Å². The molecule has 0 radical (unpaired) electrons. The van der Waals surface area contributed by atoms with Crippen LogP contribution in [0.1, 0.15) is 19.3 Å². The number of nitro groups is 1. The zero-order valence-corrected chi connectivity index (χ0v) is 11.1. The number of carbonyl (C=O) groups is 1. The van der Waals surface area contributed by atoms with E-state index in [1.165, 1.54) is 12.1 Å². The van der Waals surface area contributed by atoms with Crippen LogP contribution in [0.25, 0.3) is 0 Å². The molecule has 0 aliphatic carbocycles. The largest absolute Gasteiger partial charge is 0.324 e. The van der Waals surface area contributed by atoms with Gasteiger partial charge in [0.25, 0.3) is 5.69 Å². The van der Waals surface area contributed by atoms with Gasteiger partial charge in [0.05, 0.1) is 11.0 Å². The number of nitro benzene ring substituents is 1. The number of amides is 1. The third-order valence-electron chi connectivity index (χ3n) is 2.95. The molecule has 6 nitrogen and oxygen atoms in total. The molecule has 0 bridgehead atoms. The van der Waals surface area contributed by atoms with Gasteiger partial charge in [0.2, 0.25) is 5.91 Å². The molecule has 2 N–H and O–H groups in total. The van der Waals surface area contributed by atoms with Crippen molar-refractivity contribution in [1.82, 2.24) is 5.32 Å². The topological polar surface area (TPSA) is 84.3 Å². The number of hydrogen-bond donors (Lipinski definition) is 2. The molecule has 1 heterocycles. The summed E-state index contributed by atoms with van der Waals surface area (Å²) in [5, 5.41) is 16.5. The van der Waals surface area contributed by atoms with E-state index in [1.54, 1.807) is 12.1 Å². The minimum absolute atomic E-state index is 0. The van der Waals surface area contributed by atoms with Crippen LogP contribution in [0.15, 0.2) is 24.3 Å². The number of benzene rings is 1. The van der Waals surface area contributed by atoms with Crippen LogP contribution in [0.5, 0.6) is 0 Å². The molecule has 1 aromatic carbocycles. The van der Waals surface area contributed by atoms with Gasteiger partial charge in [0, 0.05) is 17.8 Å². The maximum absolute atomic E-state index is 11.9. The molecule has 2 rings (SSSR count). The lowest BCUT2D eigenvalue weighted by atomic mass is 10.0. The first-order valence-electron chi connectivity index (χ1n) is 5.95. The van der Waals surface area contributed by atoms with Gasteiger partial charge < -0.3 is 10.6 Å². The quantitative estimate of drug-likeness (QED) is 0.658. The molecule has 104 valence electrons. The second-order valence-corrected chi connectivity index (χ2v) is 4.30. The normalized spacial score (nSPS) is 18.2. The Morgan fingerprint density at radius 2 is 2.21 bits per heavy atom. The summed E-state index contributed by atoms with van der Waals surface area (Å²) in [6.07, 6.45) is 2.92. The molecule has 0 unspecified atom stereocenters. The SMILES string of the molecule is Cl.O=C(Nc1cccc([N+](=O)[O-])c1)[C@@H]1CCCCN1. The number of rotatable bonds is 3. The minimum atomic E-state index is -0.478. The highest BCUT2D eigenvalue weighted by Gasteiger charge is 2.20. The highest BCUT2D eigenvalue weighted by Crippen LogP contribution is 2.18. The maximum atomic E-state index is 11.9. The van der Waals surface area contributed by atoms with Crippen LogP contribution >= 0.6 is 12.4 Å². The lowest BCUT2D eigenvalue weighted by Crippen LogP contribution is -2.43. The van der Waals surface area contributed by atoms with E-state index in [1.807, 2.05) is 0 Å². The van der Waals surface area contributed by atoms with Crippen molar-refractivity contribution in [1.29, 1.82) is 0 Å². The average Bonchev–Trinajstić information content (AvgIpc) is 2.40. The van der Waals surface area contributed by atoms with Crippen molar-refractivity contribution in [2.45, 2.75) is 25.3 Å². The van der Waals surface area contributed by atoms with E-state index in [0.29, 0.717) is 5.69 Å². The summed E-state index contributed by atoms with van der Waals surface area (Å²) in [7, 11) is 0. The third kappa shape index (κ3) is 4.18. The van der Waals surface area contributed by atoms with Crippen molar-refractivity contribution < 1.29 is 9.72 Å². The summed E-state index contributed by atoms with van der Waals surface area (Å²) in [5.41, 5.74) is 0.436. The number of nitrogens with one attached hydrogen (secondary N) is 2. The summed E-state index contributed by atoms with van der Waals surface area (Å²) >= 11 is 0. The molecular weight excluding hydrogens is 270 g/mol. The van der Waals surface area contributed by atoms with Crippen LogP contribution in [0.4, 0.5) is 11.4 Å². The lowest BCUT2D eigenvalue weighted by Gasteiger charge is -2.22. The van der Waals surface area contributed by atoms with Crippen LogP contribution in [-0.2, 0) is 4.79 Å². The predicted octanol–water partition coefficient (Wildman–Crippen LogP) is 2.10. The van der Waals surface area contributed by atoms with Crippen molar-refractivity contribution in [2.75, 3.05) is 11.9 Å². The number of nitrogens with zero attached hydrogens (tertiary/aromatic N) is 1. The van der Waals surface area contributed by atoms with Crippen molar-refractivity contribution in [3.8, 4) is 0 Å². The first-order valence-corrected chi connectivity index (χ1v) is 5.95. The molecule has 1 atom stereocenters. The Morgan fingerprint density at radius 1 is 1.42 bits per heavy atom. The second kappa shape index (κ2) is 7.06. The molecule has 1 saturated heterocycles. The summed E-state index contributed by atoms with van der Waals surface area (Å²) in [6, 6.07) is 5.77. The molecule has 0 spiro atoms. The van der Waals surface area contributed by atoms with Crippen LogP contribution < -0.4 is 10.6 Å². The van der Waals surface area contributed by atoms with Crippen molar-refractivity contribution in [3.63, 3.8) is 0 Å². The van der Waals surface area contributed by atoms with Crippen LogP contribution in [-0.4, -0.2) is 23.4 Å². The highest BCUT2D eigenvalue weighted by molar-refractivity contribution is 5.95. The highest BCUT2D eigenvalue weighted by atomic mass is 35.5. The molecule has 1 aliphatic heterocycles. The Balaban J connectivity index is 0.00000180. The van der Waals surface area contributed by atoms with Gasteiger partial charge in [0.1, 0.15) is 0 Å². The van der Waals surface area contributed by atoms with E-state index >= 15 is 0 Å². The fourth-order valence-corrected chi connectivity index (χ4v) is 2.00. The summed E-state index contributed by atoms with van der Waals surface area (Å²) in [5.74, 6) is -0.129. The molecule has 1 amide bonds. The van der Waals surface area contributed by atoms with Gasteiger partial charge in [-0.2, -0.15) is 0 Å². The monoisotopic (exact) mass is 285 g/mol. The molecule has 1 fully saturated rings. The van der Waals surface area contributed by atoms with Crippen molar-refractivity contribution >= 4 is 29.7 Å². The fourth-order valence-electron chi connectivity index (χ4n) is 2.00. The maximum Gasteiger partial charge on any atom is 0.271 e. The van der Waals surface area contributed by atoms with Gasteiger partial charge in [-0.1, -0.05) is 12.5 Å². The van der Waals surface area contributed by atoms with Crippen LogP contribution in [0, 0.1) is 10.1 Å². The lowest BCUT2D eigenvalue weighted by molar-refractivity contribution is -0.384. The van der Waals surface area contributed by atoms with Gasteiger partial charge in [-0.3, -0.25) is 14.9 Å². The van der Waals surface area contributed by atoms with Gasteiger partial charge in [-0.05, 0) is 25.5 Å². The minimum Gasteiger partial charge on any atom is -0.324 e. The van der Waals surface area contributed by atoms with E-state index in [9.17, 15) is 14.9 Å². The fraction of sp³-hybridized carbons (Fsp3) is 0.417. The Morgan fingerprint density at radius 3 is 2.84 bits per heavy atom. The van der Waals surface area contributed by atoms with Gasteiger partial charge in [0.15, 0.2) is 0 Å². The van der Waals surface area contributed by atoms with Gasteiger partial charge in [-0.15, -0.1) is 12.4 Å². The average molecular weight is 286 g/mol. The van der Waals surface area contributed by atoms with E-state index in [4.69, 9.17) is 0 Å². The molecule has 19 heavy (non-hydrogen) atoms. The predicted molar refractivity (Wildman–Crippen MR) is 74.6 cm³/mol. The third-order valence-corrected chi connectivity index (χ3v) is 2.95. The van der Waals surface area contributed by atoms with E-state index in [2.05, 4.69) is 10.6 Å². The number of anilines is 1. The van der Waals surface area contributed by atoms with Gasteiger partial charge >= 0.3 is 0 Å². The molecule has 7 heteroatoms.